The quantitative estimate of drug-likeness (QED) is 0.691. The minimum absolute atomic E-state index is 0.0165. The Labute approximate surface area is 71.9 Å². The van der Waals surface area contributed by atoms with Crippen LogP contribution in [0.15, 0.2) is 0 Å². The van der Waals surface area contributed by atoms with Crippen LogP contribution in [-0.4, -0.2) is 43.5 Å². The van der Waals surface area contributed by atoms with E-state index in [0.717, 1.165) is 6.54 Å². The first kappa shape index (κ1) is 9.86. The second-order valence-corrected chi connectivity index (χ2v) is 3.49. The molecule has 1 aliphatic rings. The van der Waals surface area contributed by atoms with Gasteiger partial charge in [0.15, 0.2) is 0 Å². The largest absolute Gasteiger partial charge is 0.307 e. The molecule has 0 aromatic rings. The Morgan fingerprint density at radius 2 is 2.25 bits per heavy atom. The first-order valence-corrected chi connectivity index (χ1v) is 4.33. The van der Waals surface area contributed by atoms with E-state index < -0.39 is 5.92 Å². The van der Waals surface area contributed by atoms with Crippen LogP contribution in [0.5, 0.6) is 0 Å². The highest BCUT2D eigenvalue weighted by atomic mass is 19.3. The molecule has 0 spiro atoms. The van der Waals surface area contributed by atoms with E-state index in [0.29, 0.717) is 6.54 Å². The van der Waals surface area contributed by atoms with Crippen molar-refractivity contribution in [1.82, 2.24) is 10.2 Å². The number of likely N-dealkylation sites (N-methyl/N-ethyl adjacent to an activating group) is 1. The minimum Gasteiger partial charge on any atom is -0.307 e. The van der Waals surface area contributed by atoms with Crippen molar-refractivity contribution in [3.63, 3.8) is 0 Å². The summed E-state index contributed by atoms with van der Waals surface area (Å²) in [6, 6.07) is -0.0371. The summed E-state index contributed by atoms with van der Waals surface area (Å²) in [5.41, 5.74) is 0. The lowest BCUT2D eigenvalue weighted by Gasteiger charge is -2.18. The molecule has 0 saturated carbocycles. The third kappa shape index (κ3) is 2.68. The van der Waals surface area contributed by atoms with E-state index in [1.807, 2.05) is 18.9 Å². The maximum Gasteiger partial charge on any atom is 0.261 e. The van der Waals surface area contributed by atoms with Crippen molar-refractivity contribution in [3.05, 3.63) is 0 Å². The highest BCUT2D eigenvalue weighted by Crippen LogP contribution is 2.25. The Bertz CT molecular complexity index is 150. The Morgan fingerprint density at radius 1 is 1.58 bits per heavy atom. The molecular formula is C8H16F2N2. The van der Waals surface area contributed by atoms with Gasteiger partial charge in [-0.2, -0.15) is 0 Å². The van der Waals surface area contributed by atoms with Crippen molar-refractivity contribution in [2.75, 3.05) is 26.7 Å². The maximum atomic E-state index is 12.7. The van der Waals surface area contributed by atoms with E-state index in [-0.39, 0.29) is 19.0 Å². The Morgan fingerprint density at radius 3 is 2.67 bits per heavy atom. The van der Waals surface area contributed by atoms with Gasteiger partial charge in [-0.1, -0.05) is 6.92 Å². The summed E-state index contributed by atoms with van der Waals surface area (Å²) in [5.74, 6) is -2.49. The van der Waals surface area contributed by atoms with Crippen molar-refractivity contribution in [2.24, 2.45) is 0 Å². The zero-order valence-electron chi connectivity index (χ0n) is 7.61. The van der Waals surface area contributed by atoms with Crippen LogP contribution >= 0.6 is 0 Å². The number of nitrogens with zero attached hydrogens (tertiary/aromatic N) is 1. The molecule has 0 aliphatic carbocycles. The predicted molar refractivity (Wildman–Crippen MR) is 44.5 cm³/mol. The fourth-order valence-corrected chi connectivity index (χ4v) is 1.43. The Hall–Kier alpha value is -0.220. The van der Waals surface area contributed by atoms with Gasteiger partial charge >= 0.3 is 0 Å². The molecule has 2 nitrogen and oxygen atoms in total. The van der Waals surface area contributed by atoms with Crippen molar-refractivity contribution in [3.8, 4) is 0 Å². The number of hydrogen-bond donors (Lipinski definition) is 1. The zero-order valence-corrected chi connectivity index (χ0v) is 7.61. The third-order valence-electron chi connectivity index (χ3n) is 2.27. The van der Waals surface area contributed by atoms with E-state index in [1.165, 1.54) is 0 Å². The van der Waals surface area contributed by atoms with Gasteiger partial charge in [-0.05, 0) is 13.6 Å². The molecule has 0 bridgehead atoms. The van der Waals surface area contributed by atoms with Crippen LogP contribution in [-0.2, 0) is 0 Å². The number of rotatable bonds is 3. The molecule has 4 heteroatoms. The van der Waals surface area contributed by atoms with Crippen LogP contribution in [0.2, 0.25) is 0 Å². The highest BCUT2D eigenvalue weighted by Gasteiger charge is 2.39. The smallest absolute Gasteiger partial charge is 0.261 e. The van der Waals surface area contributed by atoms with Gasteiger partial charge in [0.1, 0.15) is 0 Å². The molecule has 0 aromatic heterocycles. The molecule has 1 fully saturated rings. The van der Waals surface area contributed by atoms with Crippen LogP contribution in [0.1, 0.15) is 13.3 Å². The topological polar surface area (TPSA) is 15.3 Å². The molecule has 0 radical (unpaired) electrons. The third-order valence-corrected chi connectivity index (χ3v) is 2.27. The van der Waals surface area contributed by atoms with Gasteiger partial charge < -0.3 is 10.2 Å². The lowest BCUT2D eigenvalue weighted by Crippen LogP contribution is -2.35. The monoisotopic (exact) mass is 178 g/mol. The summed E-state index contributed by atoms with van der Waals surface area (Å²) in [6.45, 7) is 3.48. The second-order valence-electron chi connectivity index (χ2n) is 3.49. The van der Waals surface area contributed by atoms with E-state index >= 15 is 0 Å². The van der Waals surface area contributed by atoms with Crippen LogP contribution in [0.3, 0.4) is 0 Å². The predicted octanol–water partition coefficient (Wildman–Crippen LogP) is 0.935. The van der Waals surface area contributed by atoms with Crippen molar-refractivity contribution in [2.45, 2.75) is 25.3 Å². The maximum absolute atomic E-state index is 12.7. The molecular weight excluding hydrogens is 162 g/mol. The fourth-order valence-electron chi connectivity index (χ4n) is 1.43. The van der Waals surface area contributed by atoms with Gasteiger partial charge in [0, 0.05) is 19.0 Å². The van der Waals surface area contributed by atoms with E-state index in [2.05, 4.69) is 5.32 Å². The minimum atomic E-state index is -2.49. The normalized spacial score (nSPS) is 28.2. The first-order valence-electron chi connectivity index (χ1n) is 4.33. The summed E-state index contributed by atoms with van der Waals surface area (Å²) in [6.07, 6.45) is -0.0165. The van der Waals surface area contributed by atoms with Crippen LogP contribution in [0, 0.1) is 0 Å². The molecule has 1 unspecified atom stereocenters. The zero-order chi connectivity index (χ0) is 9.19. The van der Waals surface area contributed by atoms with Crippen molar-refractivity contribution in [1.29, 1.82) is 0 Å². The van der Waals surface area contributed by atoms with Crippen LogP contribution in [0.25, 0.3) is 0 Å². The van der Waals surface area contributed by atoms with E-state index in [1.54, 1.807) is 0 Å². The van der Waals surface area contributed by atoms with Gasteiger partial charge in [-0.25, -0.2) is 8.78 Å². The number of halogens is 2. The summed E-state index contributed by atoms with van der Waals surface area (Å²) in [5, 5.41) is 2.82. The highest BCUT2D eigenvalue weighted by molar-refractivity contribution is 4.88. The summed E-state index contributed by atoms with van der Waals surface area (Å²) in [4.78, 5) is 2.04. The van der Waals surface area contributed by atoms with Crippen molar-refractivity contribution >= 4 is 0 Å². The van der Waals surface area contributed by atoms with Gasteiger partial charge in [-0.3, -0.25) is 0 Å². The average molecular weight is 178 g/mol. The standard InChI is InChI=1S/C8H16F2N2/c1-3-12(2)5-7-4-8(9,10)6-11-7/h7,11H,3-6H2,1-2H3. The molecule has 1 heterocycles. The Balaban J connectivity index is 2.28. The van der Waals surface area contributed by atoms with Crippen molar-refractivity contribution < 1.29 is 8.78 Å². The fraction of sp³-hybridized carbons (Fsp3) is 1.00. The van der Waals surface area contributed by atoms with Gasteiger partial charge in [0.05, 0.1) is 6.54 Å². The SMILES string of the molecule is CCN(C)CC1CC(F)(F)CN1. The molecule has 0 amide bonds. The number of hydrogen-bond acceptors (Lipinski definition) is 2. The van der Waals surface area contributed by atoms with E-state index in [4.69, 9.17) is 0 Å². The molecule has 0 aromatic carbocycles. The van der Waals surface area contributed by atoms with Gasteiger partial charge in [0.25, 0.3) is 5.92 Å². The molecule has 1 aliphatic heterocycles. The Kier molecular flexibility index (Phi) is 3.01. The molecule has 1 N–H and O–H groups in total. The van der Waals surface area contributed by atoms with Gasteiger partial charge in [0.2, 0.25) is 0 Å². The van der Waals surface area contributed by atoms with Gasteiger partial charge in [-0.15, -0.1) is 0 Å². The van der Waals surface area contributed by atoms with E-state index in [9.17, 15) is 8.78 Å². The first-order chi connectivity index (χ1) is 5.53. The molecule has 1 saturated heterocycles. The summed E-state index contributed by atoms with van der Waals surface area (Å²) >= 11 is 0. The second kappa shape index (κ2) is 3.66. The molecule has 72 valence electrons. The number of alkyl halides is 2. The summed E-state index contributed by atoms with van der Waals surface area (Å²) in [7, 11) is 1.94. The molecule has 12 heavy (non-hydrogen) atoms. The molecule has 1 atom stereocenters. The number of nitrogens with one attached hydrogen (secondary N) is 1. The lowest BCUT2D eigenvalue weighted by atomic mass is 10.2. The average Bonchev–Trinajstić information content (AvgIpc) is 2.30. The molecule has 1 rings (SSSR count). The lowest BCUT2D eigenvalue weighted by molar-refractivity contribution is 0.0202. The van der Waals surface area contributed by atoms with Crippen LogP contribution in [0.4, 0.5) is 8.78 Å². The summed E-state index contributed by atoms with van der Waals surface area (Å²) < 4.78 is 25.3. The van der Waals surface area contributed by atoms with Crippen LogP contribution < -0.4 is 5.32 Å².